The fourth-order valence-electron chi connectivity index (χ4n) is 2.41. The lowest BCUT2D eigenvalue weighted by molar-refractivity contribution is -0.121. The zero-order chi connectivity index (χ0) is 17.4. The first-order chi connectivity index (χ1) is 11.6. The Morgan fingerprint density at radius 1 is 1.08 bits per heavy atom. The molecule has 0 aliphatic rings. The van der Waals surface area contributed by atoms with Gasteiger partial charge in [0.05, 0.1) is 14.2 Å². The number of halogens is 1. The average Bonchev–Trinajstić information content (AvgIpc) is 2.61. The topological polar surface area (TPSA) is 47.6 Å². The summed E-state index contributed by atoms with van der Waals surface area (Å²) in [5, 5.41) is 3.43. The van der Waals surface area contributed by atoms with E-state index in [-0.39, 0.29) is 5.91 Å². The molecule has 2 aromatic carbocycles. The van der Waals surface area contributed by atoms with Crippen LogP contribution in [0.4, 0.5) is 0 Å². The third kappa shape index (κ3) is 5.17. The lowest BCUT2D eigenvalue weighted by atomic mass is 10.1. The van der Waals surface area contributed by atoms with Crippen molar-refractivity contribution in [2.24, 2.45) is 0 Å². The molecule has 0 radical (unpaired) electrons. The molecule has 0 fully saturated rings. The van der Waals surface area contributed by atoms with Crippen molar-refractivity contribution in [3.05, 3.63) is 58.6 Å². The van der Waals surface area contributed by atoms with Crippen LogP contribution in [0.2, 0.25) is 5.02 Å². The first-order valence-electron chi connectivity index (χ1n) is 7.85. The number of carbonyl (C=O) groups is 1. The summed E-state index contributed by atoms with van der Waals surface area (Å²) in [5.74, 6) is 1.17. The second-order valence-electron chi connectivity index (χ2n) is 5.41. The second-order valence-corrected chi connectivity index (χ2v) is 5.82. The van der Waals surface area contributed by atoms with E-state index in [4.69, 9.17) is 21.1 Å². The Kier molecular flexibility index (Phi) is 6.94. The van der Waals surface area contributed by atoms with E-state index in [1.807, 2.05) is 18.2 Å². The van der Waals surface area contributed by atoms with Gasteiger partial charge < -0.3 is 14.8 Å². The lowest BCUT2D eigenvalue weighted by Gasteiger charge is -2.12. The zero-order valence-electron chi connectivity index (χ0n) is 14.0. The molecule has 0 atom stereocenters. The number of ether oxygens (including phenoxy) is 2. The SMILES string of the molecule is COc1cc(Cl)c(CNC(=O)CCCc2ccccc2)cc1OC. The van der Waals surface area contributed by atoms with Crippen LogP contribution >= 0.6 is 11.6 Å². The van der Waals surface area contributed by atoms with Crippen LogP contribution in [0.15, 0.2) is 42.5 Å². The van der Waals surface area contributed by atoms with E-state index >= 15 is 0 Å². The van der Waals surface area contributed by atoms with Crippen molar-refractivity contribution >= 4 is 17.5 Å². The van der Waals surface area contributed by atoms with Crippen LogP contribution in [0.5, 0.6) is 11.5 Å². The van der Waals surface area contributed by atoms with E-state index in [0.29, 0.717) is 29.5 Å². The van der Waals surface area contributed by atoms with Crippen LogP contribution in [-0.4, -0.2) is 20.1 Å². The zero-order valence-corrected chi connectivity index (χ0v) is 14.7. The Hall–Kier alpha value is -2.20. The highest BCUT2D eigenvalue weighted by molar-refractivity contribution is 6.31. The van der Waals surface area contributed by atoms with Gasteiger partial charge in [-0.15, -0.1) is 0 Å². The summed E-state index contributed by atoms with van der Waals surface area (Å²) in [6.45, 7) is 0.364. The highest BCUT2D eigenvalue weighted by Gasteiger charge is 2.11. The van der Waals surface area contributed by atoms with Crippen LogP contribution in [0.25, 0.3) is 0 Å². The molecule has 0 heterocycles. The summed E-state index contributed by atoms with van der Waals surface area (Å²) in [7, 11) is 3.13. The van der Waals surface area contributed by atoms with Crippen molar-refractivity contribution in [2.45, 2.75) is 25.8 Å². The Bertz CT molecular complexity index is 674. The van der Waals surface area contributed by atoms with E-state index in [2.05, 4.69) is 17.4 Å². The summed E-state index contributed by atoms with van der Waals surface area (Å²) in [6.07, 6.45) is 2.20. The maximum absolute atomic E-state index is 12.0. The highest BCUT2D eigenvalue weighted by Crippen LogP contribution is 2.32. The average molecular weight is 348 g/mol. The molecular formula is C19H22ClNO3. The Balaban J connectivity index is 1.83. The molecule has 4 nitrogen and oxygen atoms in total. The summed E-state index contributed by atoms with van der Waals surface area (Å²) < 4.78 is 10.5. The molecule has 0 aliphatic carbocycles. The van der Waals surface area contributed by atoms with E-state index in [1.165, 1.54) is 5.56 Å². The first-order valence-corrected chi connectivity index (χ1v) is 8.23. The van der Waals surface area contributed by atoms with Crippen molar-refractivity contribution in [1.82, 2.24) is 5.32 Å². The Morgan fingerprint density at radius 2 is 1.75 bits per heavy atom. The van der Waals surface area contributed by atoms with Crippen molar-refractivity contribution in [3.8, 4) is 11.5 Å². The highest BCUT2D eigenvalue weighted by atomic mass is 35.5. The van der Waals surface area contributed by atoms with Gasteiger partial charge in [0.2, 0.25) is 5.91 Å². The molecule has 24 heavy (non-hydrogen) atoms. The third-order valence-electron chi connectivity index (χ3n) is 3.74. The fourth-order valence-corrected chi connectivity index (χ4v) is 2.63. The number of amides is 1. The first kappa shape index (κ1) is 18.1. The molecule has 0 aliphatic heterocycles. The number of aryl methyl sites for hydroxylation is 1. The normalized spacial score (nSPS) is 10.3. The van der Waals surface area contributed by atoms with E-state index < -0.39 is 0 Å². The minimum absolute atomic E-state index is 0.0109. The van der Waals surface area contributed by atoms with Crippen LogP contribution in [0, 0.1) is 0 Å². The Morgan fingerprint density at radius 3 is 2.42 bits per heavy atom. The molecule has 5 heteroatoms. The summed E-state index contributed by atoms with van der Waals surface area (Å²) >= 11 is 6.22. The minimum Gasteiger partial charge on any atom is -0.493 e. The van der Waals surface area contributed by atoms with Crippen LogP contribution in [-0.2, 0) is 17.8 Å². The van der Waals surface area contributed by atoms with Gasteiger partial charge in [-0.25, -0.2) is 0 Å². The molecule has 0 saturated carbocycles. The fraction of sp³-hybridized carbons (Fsp3) is 0.316. The number of rotatable bonds is 8. The number of carbonyl (C=O) groups excluding carboxylic acids is 1. The summed E-state index contributed by atoms with van der Waals surface area (Å²) in [4.78, 5) is 12.0. The molecule has 2 aromatic rings. The van der Waals surface area contributed by atoms with Gasteiger partial charge in [-0.1, -0.05) is 41.9 Å². The van der Waals surface area contributed by atoms with Gasteiger partial charge in [0.25, 0.3) is 0 Å². The molecule has 128 valence electrons. The Labute approximate surface area is 147 Å². The molecule has 0 aromatic heterocycles. The van der Waals surface area contributed by atoms with Crippen LogP contribution < -0.4 is 14.8 Å². The third-order valence-corrected chi connectivity index (χ3v) is 4.09. The standard InChI is InChI=1S/C19H22ClNO3/c1-23-17-11-15(16(20)12-18(17)24-2)13-21-19(22)10-6-9-14-7-4-3-5-8-14/h3-5,7-8,11-12H,6,9-10,13H2,1-2H3,(H,21,22). The number of methoxy groups -OCH3 is 2. The van der Waals surface area contributed by atoms with Gasteiger partial charge in [0.15, 0.2) is 11.5 Å². The van der Waals surface area contributed by atoms with Crippen LogP contribution in [0.3, 0.4) is 0 Å². The number of benzene rings is 2. The molecular weight excluding hydrogens is 326 g/mol. The second kappa shape index (κ2) is 9.18. The van der Waals surface area contributed by atoms with E-state index in [1.54, 1.807) is 26.4 Å². The number of hydrogen-bond donors (Lipinski definition) is 1. The minimum atomic E-state index is 0.0109. The number of nitrogens with one attached hydrogen (secondary N) is 1. The molecule has 0 saturated heterocycles. The van der Waals surface area contributed by atoms with Gasteiger partial charge in [-0.3, -0.25) is 4.79 Å². The van der Waals surface area contributed by atoms with Gasteiger partial charge in [-0.2, -0.15) is 0 Å². The van der Waals surface area contributed by atoms with E-state index in [0.717, 1.165) is 18.4 Å². The summed E-state index contributed by atoms with van der Waals surface area (Å²) in [6, 6.07) is 13.6. The largest absolute Gasteiger partial charge is 0.493 e. The van der Waals surface area contributed by atoms with Gasteiger partial charge in [0.1, 0.15) is 0 Å². The maximum Gasteiger partial charge on any atom is 0.220 e. The molecule has 0 unspecified atom stereocenters. The van der Waals surface area contributed by atoms with Gasteiger partial charge in [-0.05, 0) is 30.0 Å². The quantitative estimate of drug-likeness (QED) is 0.785. The molecule has 0 spiro atoms. The van der Waals surface area contributed by atoms with Crippen molar-refractivity contribution in [2.75, 3.05) is 14.2 Å². The maximum atomic E-state index is 12.0. The molecule has 0 bridgehead atoms. The van der Waals surface area contributed by atoms with Gasteiger partial charge in [0, 0.05) is 24.1 Å². The molecule has 1 N–H and O–H groups in total. The lowest BCUT2D eigenvalue weighted by Crippen LogP contribution is -2.22. The predicted octanol–water partition coefficient (Wildman–Crippen LogP) is 4.00. The van der Waals surface area contributed by atoms with Crippen molar-refractivity contribution in [1.29, 1.82) is 0 Å². The number of hydrogen-bond acceptors (Lipinski definition) is 3. The van der Waals surface area contributed by atoms with Crippen molar-refractivity contribution < 1.29 is 14.3 Å². The predicted molar refractivity (Wildman–Crippen MR) is 95.8 cm³/mol. The van der Waals surface area contributed by atoms with E-state index in [9.17, 15) is 4.79 Å². The smallest absolute Gasteiger partial charge is 0.220 e. The monoisotopic (exact) mass is 347 g/mol. The molecule has 2 rings (SSSR count). The van der Waals surface area contributed by atoms with Crippen LogP contribution in [0.1, 0.15) is 24.0 Å². The molecule has 1 amide bonds. The van der Waals surface area contributed by atoms with Crippen molar-refractivity contribution in [3.63, 3.8) is 0 Å². The van der Waals surface area contributed by atoms with Gasteiger partial charge >= 0.3 is 0 Å². The summed E-state index contributed by atoms with van der Waals surface area (Å²) in [5.41, 5.74) is 2.04.